The molecule has 0 spiro atoms. The van der Waals surface area contributed by atoms with Gasteiger partial charge in [-0.1, -0.05) is 0 Å². The van der Waals surface area contributed by atoms with Crippen molar-refractivity contribution in [2.75, 3.05) is 59.0 Å². The normalized spacial score (nSPS) is 24.1. The van der Waals surface area contributed by atoms with Crippen LogP contribution in [0.25, 0.3) is 0 Å². The number of aliphatic imine (C=N–C) groups is 1. The second kappa shape index (κ2) is 9.23. The van der Waals surface area contributed by atoms with Gasteiger partial charge < -0.3 is 15.4 Å². The van der Waals surface area contributed by atoms with E-state index in [0.29, 0.717) is 38.6 Å². The molecule has 2 N–H and O–H groups in total. The third-order valence-corrected chi connectivity index (χ3v) is 4.85. The monoisotopic (exact) mass is 379 g/mol. The summed E-state index contributed by atoms with van der Waals surface area (Å²) in [5, 5.41) is 6.50. The largest absolute Gasteiger partial charge is 0.401 e. The number of halogens is 3. The molecule has 2 rings (SSSR count). The fourth-order valence-corrected chi connectivity index (χ4v) is 3.40. The van der Waals surface area contributed by atoms with Gasteiger partial charge in [0.2, 0.25) is 0 Å². The molecule has 0 bridgehead atoms. The molecule has 2 saturated heterocycles. The molecule has 1 atom stereocenters. The van der Waals surface area contributed by atoms with Gasteiger partial charge in [-0.15, -0.1) is 0 Å². The van der Waals surface area contributed by atoms with E-state index in [9.17, 15) is 13.2 Å². The van der Waals surface area contributed by atoms with Crippen molar-refractivity contribution in [3.63, 3.8) is 0 Å². The lowest BCUT2D eigenvalue weighted by atomic mass is 10.0. The molecule has 1 unspecified atom stereocenters. The molecule has 0 aromatic rings. The molecule has 2 heterocycles. The first kappa shape index (κ1) is 21.2. The Labute approximate surface area is 154 Å². The van der Waals surface area contributed by atoms with Gasteiger partial charge in [0.05, 0.1) is 26.3 Å². The molecular weight excluding hydrogens is 347 g/mol. The predicted molar refractivity (Wildman–Crippen MR) is 96.5 cm³/mol. The van der Waals surface area contributed by atoms with Crippen molar-refractivity contribution in [2.24, 2.45) is 4.99 Å². The highest BCUT2D eigenvalue weighted by atomic mass is 19.4. The fourth-order valence-electron chi connectivity index (χ4n) is 3.40. The highest BCUT2D eigenvalue weighted by molar-refractivity contribution is 5.80. The lowest BCUT2D eigenvalue weighted by Gasteiger charge is -2.40. The summed E-state index contributed by atoms with van der Waals surface area (Å²) in [6.45, 7) is 10.9. The van der Waals surface area contributed by atoms with Gasteiger partial charge in [-0.05, 0) is 27.2 Å². The zero-order valence-corrected chi connectivity index (χ0v) is 16.0. The maximum Gasteiger partial charge on any atom is 0.401 e. The van der Waals surface area contributed by atoms with E-state index in [4.69, 9.17) is 9.73 Å². The molecule has 6 nitrogen and oxygen atoms in total. The van der Waals surface area contributed by atoms with Gasteiger partial charge in [0.15, 0.2) is 5.96 Å². The minimum atomic E-state index is -4.14. The number of hydrogen-bond acceptors (Lipinski definition) is 4. The van der Waals surface area contributed by atoms with E-state index in [0.717, 1.165) is 26.3 Å². The highest BCUT2D eigenvalue weighted by Crippen LogP contribution is 2.20. The van der Waals surface area contributed by atoms with Gasteiger partial charge in [0.1, 0.15) is 0 Å². The van der Waals surface area contributed by atoms with Gasteiger partial charge in [0.25, 0.3) is 0 Å². The Bertz CT molecular complexity index is 464. The molecule has 9 heteroatoms. The van der Waals surface area contributed by atoms with Crippen molar-refractivity contribution in [2.45, 2.75) is 44.9 Å². The van der Waals surface area contributed by atoms with Crippen molar-refractivity contribution in [1.29, 1.82) is 0 Å². The van der Waals surface area contributed by atoms with E-state index in [1.54, 1.807) is 0 Å². The van der Waals surface area contributed by atoms with Crippen LogP contribution in [0.4, 0.5) is 13.2 Å². The van der Waals surface area contributed by atoms with Crippen molar-refractivity contribution in [1.82, 2.24) is 20.4 Å². The minimum absolute atomic E-state index is 0.0124. The molecule has 0 amide bonds. The van der Waals surface area contributed by atoms with E-state index in [-0.39, 0.29) is 11.6 Å². The van der Waals surface area contributed by atoms with Crippen LogP contribution in [-0.4, -0.2) is 92.5 Å². The first-order valence-electron chi connectivity index (χ1n) is 9.36. The Balaban J connectivity index is 1.88. The topological polar surface area (TPSA) is 52.1 Å². The average molecular weight is 379 g/mol. The Hall–Kier alpha value is -1.06. The van der Waals surface area contributed by atoms with Crippen LogP contribution in [0.5, 0.6) is 0 Å². The average Bonchev–Trinajstić information content (AvgIpc) is 2.99. The van der Waals surface area contributed by atoms with Crippen LogP contribution in [0.2, 0.25) is 0 Å². The molecule has 0 aliphatic carbocycles. The Morgan fingerprint density at radius 2 is 1.88 bits per heavy atom. The second-order valence-electron chi connectivity index (χ2n) is 7.59. The maximum absolute atomic E-state index is 12.5. The summed E-state index contributed by atoms with van der Waals surface area (Å²) in [6.07, 6.45) is -3.46. The molecule has 26 heavy (non-hydrogen) atoms. The lowest BCUT2D eigenvalue weighted by Crippen LogP contribution is -2.52. The molecule has 0 aromatic carbocycles. The molecule has 0 aromatic heterocycles. The third kappa shape index (κ3) is 6.92. The molecule has 0 saturated carbocycles. The first-order valence-corrected chi connectivity index (χ1v) is 9.36. The summed E-state index contributed by atoms with van der Waals surface area (Å²) in [6, 6.07) is -0.0124. The number of guanidine groups is 1. The van der Waals surface area contributed by atoms with Gasteiger partial charge in [-0.25, -0.2) is 0 Å². The number of morpholine rings is 1. The SMILES string of the molecule is CCNC(=NCC(C)(C)N1CCOCC1)NC1CCN(CC(F)(F)F)C1. The van der Waals surface area contributed by atoms with E-state index in [1.165, 1.54) is 4.90 Å². The van der Waals surface area contributed by atoms with Crippen LogP contribution in [0, 0.1) is 0 Å². The van der Waals surface area contributed by atoms with Gasteiger partial charge >= 0.3 is 6.18 Å². The van der Waals surface area contributed by atoms with Crippen LogP contribution in [0.15, 0.2) is 4.99 Å². The molecule has 2 aliphatic heterocycles. The van der Waals surface area contributed by atoms with Crippen LogP contribution in [-0.2, 0) is 4.74 Å². The number of nitrogens with zero attached hydrogens (tertiary/aromatic N) is 3. The van der Waals surface area contributed by atoms with E-state index in [1.807, 2.05) is 6.92 Å². The Kier molecular flexibility index (Phi) is 7.54. The van der Waals surface area contributed by atoms with Crippen LogP contribution in [0.1, 0.15) is 27.2 Å². The van der Waals surface area contributed by atoms with Gasteiger partial charge in [-0.3, -0.25) is 14.8 Å². The van der Waals surface area contributed by atoms with Crippen LogP contribution in [0.3, 0.4) is 0 Å². The van der Waals surface area contributed by atoms with Crippen molar-refractivity contribution in [3.8, 4) is 0 Å². The summed E-state index contributed by atoms with van der Waals surface area (Å²) in [4.78, 5) is 8.50. The van der Waals surface area contributed by atoms with Gasteiger partial charge in [-0.2, -0.15) is 13.2 Å². The predicted octanol–water partition coefficient (Wildman–Crippen LogP) is 1.29. The number of likely N-dealkylation sites (tertiary alicyclic amines) is 1. The standard InChI is InChI=1S/C17H32F3N5O/c1-4-21-15(22-12-16(2,3)25-7-9-26-10-8-25)23-14-5-6-24(11-14)13-17(18,19)20/h14H,4-13H2,1-3H3,(H2,21,22,23). The molecular formula is C17H32F3N5O. The van der Waals surface area contributed by atoms with E-state index >= 15 is 0 Å². The Morgan fingerprint density at radius 1 is 1.19 bits per heavy atom. The molecule has 2 aliphatic rings. The maximum atomic E-state index is 12.5. The first-order chi connectivity index (χ1) is 12.2. The molecule has 152 valence electrons. The Morgan fingerprint density at radius 3 is 2.50 bits per heavy atom. The van der Waals surface area contributed by atoms with Gasteiger partial charge in [0, 0.05) is 44.3 Å². The third-order valence-electron chi connectivity index (χ3n) is 4.85. The second-order valence-corrected chi connectivity index (χ2v) is 7.59. The van der Waals surface area contributed by atoms with Crippen LogP contribution < -0.4 is 10.6 Å². The fraction of sp³-hybridized carbons (Fsp3) is 0.941. The van der Waals surface area contributed by atoms with E-state index < -0.39 is 12.7 Å². The zero-order chi connectivity index (χ0) is 19.2. The molecule has 0 radical (unpaired) electrons. The lowest BCUT2D eigenvalue weighted by molar-refractivity contribution is -0.143. The number of rotatable bonds is 6. The highest BCUT2D eigenvalue weighted by Gasteiger charge is 2.34. The summed E-state index contributed by atoms with van der Waals surface area (Å²) < 4.78 is 43.0. The zero-order valence-electron chi connectivity index (χ0n) is 16.0. The number of nitrogens with one attached hydrogen (secondary N) is 2. The van der Waals surface area contributed by atoms with Crippen molar-refractivity contribution in [3.05, 3.63) is 0 Å². The quantitative estimate of drug-likeness (QED) is 0.538. The van der Waals surface area contributed by atoms with Crippen molar-refractivity contribution >= 4 is 5.96 Å². The summed E-state index contributed by atoms with van der Waals surface area (Å²) in [5.41, 5.74) is -0.0931. The van der Waals surface area contributed by atoms with Crippen LogP contribution >= 0.6 is 0 Å². The van der Waals surface area contributed by atoms with E-state index in [2.05, 4.69) is 29.4 Å². The number of ether oxygens (including phenoxy) is 1. The molecule has 2 fully saturated rings. The number of alkyl halides is 3. The number of hydrogen-bond donors (Lipinski definition) is 2. The van der Waals surface area contributed by atoms with Crippen molar-refractivity contribution < 1.29 is 17.9 Å². The smallest absolute Gasteiger partial charge is 0.379 e. The minimum Gasteiger partial charge on any atom is -0.379 e. The summed E-state index contributed by atoms with van der Waals surface area (Å²) >= 11 is 0. The summed E-state index contributed by atoms with van der Waals surface area (Å²) in [5.74, 6) is 0.674. The summed E-state index contributed by atoms with van der Waals surface area (Å²) in [7, 11) is 0.